The molecule has 2 fully saturated rings. The number of likely N-dealkylation sites (tertiary alicyclic amines) is 1. The number of hydrogen-bond donors (Lipinski definition) is 1. The van der Waals surface area contributed by atoms with Crippen LogP contribution in [0.5, 0.6) is 11.5 Å². The van der Waals surface area contributed by atoms with Crippen LogP contribution in [0, 0.1) is 0 Å². The minimum Gasteiger partial charge on any atom is -0.497 e. The number of rotatable bonds is 2. The molecule has 0 saturated carbocycles. The Kier molecular flexibility index (Phi) is 4.77. The van der Waals surface area contributed by atoms with Gasteiger partial charge >= 0.3 is 6.09 Å². The van der Waals surface area contributed by atoms with E-state index in [4.69, 9.17) is 26.4 Å². The summed E-state index contributed by atoms with van der Waals surface area (Å²) in [5.74, 6) is 1.72. The molecule has 0 aromatic heterocycles. The summed E-state index contributed by atoms with van der Waals surface area (Å²) in [6.07, 6.45) is 1.21. The molecule has 0 bridgehead atoms. The largest absolute Gasteiger partial charge is 0.497 e. The zero-order valence-electron chi connectivity index (χ0n) is 16.7. The fraction of sp³-hybridized carbons (Fsp3) is 0.600. The maximum Gasteiger partial charge on any atom is 0.412 e. The highest BCUT2D eigenvalue weighted by Crippen LogP contribution is 2.35. The Balaban J connectivity index is 1.50. The molecule has 2 saturated heterocycles. The molecule has 28 heavy (non-hydrogen) atoms. The van der Waals surface area contributed by atoms with Gasteiger partial charge in [-0.15, -0.1) is 0 Å². The quantitative estimate of drug-likeness (QED) is 0.759. The Bertz CT molecular complexity index is 794. The normalized spacial score (nSPS) is 26.3. The molecule has 0 spiro atoms. The second-order valence-corrected chi connectivity index (χ2v) is 8.86. The van der Waals surface area contributed by atoms with E-state index in [9.17, 15) is 4.79 Å². The first-order valence-electron chi connectivity index (χ1n) is 9.65. The van der Waals surface area contributed by atoms with Crippen molar-refractivity contribution in [1.29, 1.82) is 0 Å². The van der Waals surface area contributed by atoms with Gasteiger partial charge in [0.2, 0.25) is 0 Å². The fourth-order valence-corrected chi connectivity index (χ4v) is 4.62. The highest BCUT2D eigenvalue weighted by atomic mass is 32.1. The van der Waals surface area contributed by atoms with Crippen molar-refractivity contribution in [3.05, 3.63) is 23.8 Å². The minimum absolute atomic E-state index is 0.119. The second-order valence-electron chi connectivity index (χ2n) is 8.47. The first-order chi connectivity index (χ1) is 13.3. The predicted molar refractivity (Wildman–Crippen MR) is 109 cm³/mol. The highest BCUT2D eigenvalue weighted by Gasteiger charge is 2.50. The lowest BCUT2D eigenvalue weighted by Crippen LogP contribution is -2.49. The van der Waals surface area contributed by atoms with Crippen molar-refractivity contribution in [2.75, 3.05) is 20.3 Å². The van der Waals surface area contributed by atoms with Gasteiger partial charge < -0.3 is 24.4 Å². The van der Waals surface area contributed by atoms with Gasteiger partial charge in [-0.1, -0.05) is 0 Å². The van der Waals surface area contributed by atoms with E-state index >= 15 is 0 Å². The van der Waals surface area contributed by atoms with Crippen LogP contribution in [0.4, 0.5) is 4.79 Å². The first kappa shape index (κ1) is 19.1. The smallest absolute Gasteiger partial charge is 0.412 e. The van der Waals surface area contributed by atoms with Gasteiger partial charge in [0.1, 0.15) is 29.9 Å². The Morgan fingerprint density at radius 2 is 2.14 bits per heavy atom. The summed E-state index contributed by atoms with van der Waals surface area (Å²) in [5, 5.41) is 4.00. The average molecular weight is 406 g/mol. The number of carbonyl (C=O) groups is 1. The summed E-state index contributed by atoms with van der Waals surface area (Å²) in [4.78, 5) is 16.6. The Hall–Kier alpha value is -2.22. The van der Waals surface area contributed by atoms with Gasteiger partial charge in [0, 0.05) is 6.54 Å². The second kappa shape index (κ2) is 6.99. The third kappa shape index (κ3) is 3.45. The molecule has 152 valence electrons. The van der Waals surface area contributed by atoms with Crippen LogP contribution in [0.15, 0.2) is 18.2 Å². The molecule has 0 aliphatic carbocycles. The van der Waals surface area contributed by atoms with Crippen molar-refractivity contribution >= 4 is 23.4 Å². The van der Waals surface area contributed by atoms with Gasteiger partial charge in [-0.05, 0) is 69.6 Å². The van der Waals surface area contributed by atoms with E-state index in [1.165, 1.54) is 0 Å². The third-order valence-electron chi connectivity index (χ3n) is 5.40. The molecule has 1 aromatic carbocycles. The summed E-state index contributed by atoms with van der Waals surface area (Å²) in [7, 11) is 1.66. The van der Waals surface area contributed by atoms with Gasteiger partial charge in [-0.2, -0.15) is 0 Å². The number of ether oxygens (including phenoxy) is 3. The van der Waals surface area contributed by atoms with Crippen LogP contribution in [-0.2, 0) is 11.2 Å². The van der Waals surface area contributed by atoms with E-state index in [2.05, 4.69) is 10.2 Å². The zero-order valence-corrected chi connectivity index (χ0v) is 17.5. The van der Waals surface area contributed by atoms with Crippen LogP contribution in [-0.4, -0.2) is 65.1 Å². The van der Waals surface area contributed by atoms with E-state index in [0.29, 0.717) is 18.3 Å². The maximum absolute atomic E-state index is 12.6. The number of amides is 1. The summed E-state index contributed by atoms with van der Waals surface area (Å²) in [5.41, 5.74) is 0.595. The van der Waals surface area contributed by atoms with Crippen molar-refractivity contribution in [2.45, 2.75) is 57.5 Å². The van der Waals surface area contributed by atoms with Crippen LogP contribution in [0.3, 0.4) is 0 Å². The molecule has 3 heterocycles. The Morgan fingerprint density at radius 3 is 2.86 bits per heavy atom. The summed E-state index contributed by atoms with van der Waals surface area (Å²) >= 11 is 5.63. The van der Waals surface area contributed by atoms with E-state index in [-0.39, 0.29) is 24.3 Å². The SMILES string of the molecule is COc1ccc2c(c1)C[C@@H](N1C(=S)NC3C1CCN3C(=O)OC(C)(C)C)CO2. The summed E-state index contributed by atoms with van der Waals surface area (Å²) in [6, 6.07) is 6.13. The molecule has 4 rings (SSSR count). The lowest BCUT2D eigenvalue weighted by Gasteiger charge is -2.36. The fourth-order valence-electron chi connectivity index (χ4n) is 4.22. The number of fused-ring (bicyclic) bond motifs is 2. The first-order valence-corrected chi connectivity index (χ1v) is 10.1. The molecular weight excluding hydrogens is 378 g/mol. The van der Waals surface area contributed by atoms with Crippen LogP contribution in [0.2, 0.25) is 0 Å². The van der Waals surface area contributed by atoms with E-state index in [1.54, 1.807) is 12.0 Å². The number of carbonyl (C=O) groups excluding carboxylic acids is 1. The van der Waals surface area contributed by atoms with Crippen LogP contribution in [0.1, 0.15) is 32.8 Å². The highest BCUT2D eigenvalue weighted by molar-refractivity contribution is 7.80. The third-order valence-corrected chi connectivity index (χ3v) is 5.73. The van der Waals surface area contributed by atoms with Crippen molar-refractivity contribution in [3.63, 3.8) is 0 Å². The van der Waals surface area contributed by atoms with Crippen molar-refractivity contribution in [2.24, 2.45) is 0 Å². The summed E-state index contributed by atoms with van der Waals surface area (Å²) in [6.45, 7) is 6.85. The molecule has 3 atom stereocenters. The number of benzene rings is 1. The Labute approximate surface area is 170 Å². The molecular formula is C20H27N3O4S. The van der Waals surface area contributed by atoms with Crippen molar-refractivity contribution in [3.8, 4) is 11.5 Å². The van der Waals surface area contributed by atoms with Gasteiger partial charge in [0.15, 0.2) is 5.11 Å². The van der Waals surface area contributed by atoms with Gasteiger partial charge in [0.05, 0.1) is 19.2 Å². The van der Waals surface area contributed by atoms with Gasteiger partial charge in [-0.3, -0.25) is 4.90 Å². The lowest BCUT2D eigenvalue weighted by atomic mass is 10.00. The molecule has 1 amide bonds. The molecule has 2 unspecified atom stereocenters. The number of nitrogens with one attached hydrogen (secondary N) is 1. The van der Waals surface area contributed by atoms with Crippen LogP contribution < -0.4 is 14.8 Å². The lowest BCUT2D eigenvalue weighted by molar-refractivity contribution is 0.0203. The van der Waals surface area contributed by atoms with Crippen molar-refractivity contribution < 1.29 is 19.0 Å². The maximum atomic E-state index is 12.6. The standard InChI is InChI=1S/C20H27N3O4S/c1-20(2,3)27-19(24)22-8-7-15-17(22)21-18(28)23(15)13-9-12-10-14(25-4)5-6-16(12)26-11-13/h5-6,10,13,15,17H,7-9,11H2,1-4H3,(H,21,28)/t13-,15?,17?/m1/s1. The summed E-state index contributed by atoms with van der Waals surface area (Å²) < 4.78 is 16.9. The Morgan fingerprint density at radius 1 is 1.36 bits per heavy atom. The molecule has 3 aliphatic rings. The molecule has 0 radical (unpaired) electrons. The van der Waals surface area contributed by atoms with Gasteiger partial charge in [0.25, 0.3) is 0 Å². The molecule has 1 N–H and O–H groups in total. The van der Waals surface area contributed by atoms with E-state index in [0.717, 1.165) is 29.9 Å². The molecule has 1 aromatic rings. The van der Waals surface area contributed by atoms with Gasteiger partial charge in [-0.25, -0.2) is 4.79 Å². The van der Waals surface area contributed by atoms with Crippen LogP contribution in [0.25, 0.3) is 0 Å². The number of hydrogen-bond acceptors (Lipinski definition) is 5. The number of thiocarbonyl (C=S) groups is 1. The van der Waals surface area contributed by atoms with E-state index in [1.807, 2.05) is 39.0 Å². The molecule has 8 heteroatoms. The molecule has 3 aliphatic heterocycles. The minimum atomic E-state index is -0.520. The van der Waals surface area contributed by atoms with Crippen molar-refractivity contribution in [1.82, 2.24) is 15.1 Å². The topological polar surface area (TPSA) is 63.3 Å². The molecule has 7 nitrogen and oxygen atoms in total. The number of nitrogens with zero attached hydrogens (tertiary/aromatic N) is 2. The predicted octanol–water partition coefficient (Wildman–Crippen LogP) is 2.52. The van der Waals surface area contributed by atoms with Crippen LogP contribution >= 0.6 is 12.2 Å². The average Bonchev–Trinajstić information content (AvgIpc) is 3.16. The van der Waals surface area contributed by atoms with E-state index < -0.39 is 5.60 Å². The number of methoxy groups -OCH3 is 1. The zero-order chi connectivity index (χ0) is 20.1. The monoisotopic (exact) mass is 405 g/mol.